The largest absolute Gasteiger partial charge is 0.493 e. The molecule has 0 atom stereocenters. The first-order chi connectivity index (χ1) is 14.9. The predicted molar refractivity (Wildman–Crippen MR) is 121 cm³/mol. The van der Waals surface area contributed by atoms with Crippen molar-refractivity contribution in [1.82, 2.24) is 15.0 Å². The molecule has 0 bridgehead atoms. The molecule has 1 N–H and O–H groups in total. The van der Waals surface area contributed by atoms with E-state index in [0.717, 1.165) is 35.3 Å². The third-order valence-corrected chi connectivity index (χ3v) is 6.99. The molecule has 162 valence electrons. The van der Waals surface area contributed by atoms with Gasteiger partial charge in [-0.05, 0) is 12.8 Å². The molecular weight excluding hydrogens is 432 g/mol. The van der Waals surface area contributed by atoms with E-state index in [1.807, 2.05) is 36.4 Å². The summed E-state index contributed by atoms with van der Waals surface area (Å²) in [6, 6.07) is 12.2. The minimum absolute atomic E-state index is 0.0572. The molecule has 0 spiro atoms. The van der Waals surface area contributed by atoms with Gasteiger partial charge in [0.2, 0.25) is 0 Å². The molecule has 0 unspecified atom stereocenters. The van der Waals surface area contributed by atoms with Gasteiger partial charge in [-0.15, -0.1) is 0 Å². The van der Waals surface area contributed by atoms with Crippen molar-refractivity contribution in [3.63, 3.8) is 0 Å². The van der Waals surface area contributed by atoms with Gasteiger partial charge in [-0.3, -0.25) is 4.98 Å². The second kappa shape index (κ2) is 9.23. The summed E-state index contributed by atoms with van der Waals surface area (Å²) in [5.41, 5.74) is 1.73. The summed E-state index contributed by atoms with van der Waals surface area (Å²) in [5, 5.41) is 3.95. The Morgan fingerprint density at radius 1 is 1.10 bits per heavy atom. The lowest BCUT2D eigenvalue weighted by Gasteiger charge is -2.18. The van der Waals surface area contributed by atoms with Crippen molar-refractivity contribution in [1.29, 1.82) is 0 Å². The Labute approximate surface area is 186 Å². The van der Waals surface area contributed by atoms with E-state index < -0.39 is 9.84 Å². The van der Waals surface area contributed by atoms with Crippen molar-refractivity contribution in [2.45, 2.75) is 46.7 Å². The number of nitrogens with zero attached hydrogens (tertiary/aromatic N) is 3. The Morgan fingerprint density at radius 3 is 2.52 bits per heavy atom. The summed E-state index contributed by atoms with van der Waals surface area (Å²) in [5.74, 6) is 1.36. The lowest BCUT2D eigenvalue weighted by molar-refractivity contribution is 0.413. The summed E-state index contributed by atoms with van der Waals surface area (Å²) in [4.78, 5) is 14.0. The van der Waals surface area contributed by atoms with Crippen molar-refractivity contribution in [3.8, 4) is 17.0 Å². The van der Waals surface area contributed by atoms with E-state index >= 15 is 0 Å². The third kappa shape index (κ3) is 5.16. The summed E-state index contributed by atoms with van der Waals surface area (Å²) in [6.45, 7) is 0. The molecular formula is C22H24N4O3S2. The van der Waals surface area contributed by atoms with E-state index in [1.54, 1.807) is 13.3 Å². The summed E-state index contributed by atoms with van der Waals surface area (Å²) in [7, 11) is -1.83. The number of sulfone groups is 1. The predicted octanol–water partition coefficient (Wildman–Crippen LogP) is 4.46. The van der Waals surface area contributed by atoms with Crippen LogP contribution in [0.3, 0.4) is 0 Å². The zero-order valence-corrected chi connectivity index (χ0v) is 19.0. The van der Waals surface area contributed by atoms with Crippen molar-refractivity contribution >= 4 is 27.4 Å². The van der Waals surface area contributed by atoms with Crippen LogP contribution in [0.5, 0.6) is 5.75 Å². The summed E-state index contributed by atoms with van der Waals surface area (Å²) in [6.07, 6.45) is 8.60. The Bertz CT molecular complexity index is 1160. The third-order valence-electron chi connectivity index (χ3n) is 5.10. The lowest BCUT2D eigenvalue weighted by atomic mass is 10.1. The van der Waals surface area contributed by atoms with Gasteiger partial charge >= 0.3 is 0 Å². The first kappa shape index (κ1) is 21.6. The number of benzene rings is 1. The molecule has 0 saturated heterocycles. The van der Waals surface area contributed by atoms with Crippen molar-refractivity contribution in [2.24, 2.45) is 0 Å². The molecule has 2 heterocycles. The zero-order valence-electron chi connectivity index (χ0n) is 17.4. The van der Waals surface area contributed by atoms with E-state index in [2.05, 4.69) is 15.3 Å². The number of methoxy groups -OCH3 is 1. The van der Waals surface area contributed by atoms with Crippen LogP contribution in [-0.4, -0.2) is 42.8 Å². The number of hydrogen-bond donors (Lipinski definition) is 1. The topological polar surface area (TPSA) is 94.1 Å². The average molecular weight is 457 g/mol. The molecule has 4 rings (SSSR count). The normalized spacial score (nSPS) is 14.5. The number of hydrogen-bond acceptors (Lipinski definition) is 8. The Balaban J connectivity index is 1.77. The van der Waals surface area contributed by atoms with Crippen LogP contribution >= 0.6 is 11.8 Å². The smallest absolute Gasteiger partial charge is 0.194 e. The maximum Gasteiger partial charge on any atom is 0.194 e. The van der Waals surface area contributed by atoms with Crippen LogP contribution in [-0.2, 0) is 9.84 Å². The quantitative estimate of drug-likeness (QED) is 0.557. The van der Waals surface area contributed by atoms with Crippen molar-refractivity contribution < 1.29 is 13.2 Å². The van der Waals surface area contributed by atoms with E-state index in [0.29, 0.717) is 22.6 Å². The highest BCUT2D eigenvalue weighted by Crippen LogP contribution is 2.40. The van der Waals surface area contributed by atoms with E-state index in [1.165, 1.54) is 30.8 Å². The number of pyridine rings is 1. The molecule has 7 nitrogen and oxygen atoms in total. The van der Waals surface area contributed by atoms with Gasteiger partial charge in [-0.2, -0.15) is 0 Å². The number of anilines is 1. The Morgan fingerprint density at radius 2 is 1.84 bits per heavy atom. The van der Waals surface area contributed by atoms with Gasteiger partial charge in [0.25, 0.3) is 0 Å². The standard InChI is InChI=1S/C22H24N4O3S2/c1-29-17-12-18(30-19-13-23-14-20(25-19)31(2,27)28)21(15-8-4-3-5-9-15)26-22(17)24-16-10-6-7-11-16/h3-5,8-9,12-14,16H,6-7,10-11H2,1-2H3,(H,24,26). The fraction of sp³-hybridized carbons (Fsp3) is 0.318. The van der Waals surface area contributed by atoms with Gasteiger partial charge in [0, 0.05) is 28.8 Å². The minimum atomic E-state index is -3.45. The second-order valence-corrected chi connectivity index (χ2v) is 10.5. The second-order valence-electron chi connectivity index (χ2n) is 7.45. The van der Waals surface area contributed by atoms with Gasteiger partial charge in [0.1, 0.15) is 5.03 Å². The van der Waals surface area contributed by atoms with Crippen LogP contribution in [0, 0.1) is 0 Å². The van der Waals surface area contributed by atoms with E-state index in [4.69, 9.17) is 9.72 Å². The molecule has 1 saturated carbocycles. The van der Waals surface area contributed by atoms with E-state index in [-0.39, 0.29) is 5.03 Å². The highest BCUT2D eigenvalue weighted by atomic mass is 32.2. The molecule has 0 amide bonds. The molecule has 1 aliphatic rings. The molecule has 2 aromatic heterocycles. The minimum Gasteiger partial charge on any atom is -0.493 e. The summed E-state index contributed by atoms with van der Waals surface area (Å²) >= 11 is 1.31. The van der Waals surface area contributed by atoms with Crippen LogP contribution in [0.15, 0.2) is 63.7 Å². The van der Waals surface area contributed by atoms with Gasteiger partial charge in [0.05, 0.1) is 25.2 Å². The molecule has 1 aromatic carbocycles. The van der Waals surface area contributed by atoms with Crippen LogP contribution in [0.1, 0.15) is 25.7 Å². The fourth-order valence-electron chi connectivity index (χ4n) is 3.55. The lowest BCUT2D eigenvalue weighted by Crippen LogP contribution is -2.16. The number of rotatable bonds is 7. The number of ether oxygens (including phenoxy) is 1. The number of aromatic nitrogens is 3. The molecule has 31 heavy (non-hydrogen) atoms. The van der Waals surface area contributed by atoms with Gasteiger partial charge < -0.3 is 10.1 Å². The Kier molecular flexibility index (Phi) is 6.43. The molecule has 1 fully saturated rings. The maximum absolute atomic E-state index is 11.9. The number of nitrogens with one attached hydrogen (secondary N) is 1. The highest BCUT2D eigenvalue weighted by molar-refractivity contribution is 7.99. The van der Waals surface area contributed by atoms with Crippen molar-refractivity contribution in [2.75, 3.05) is 18.7 Å². The molecule has 3 aromatic rings. The first-order valence-corrected chi connectivity index (χ1v) is 12.8. The van der Waals surface area contributed by atoms with Gasteiger partial charge in [-0.25, -0.2) is 18.4 Å². The fourth-order valence-corrected chi connectivity index (χ4v) is 5.04. The monoisotopic (exact) mass is 456 g/mol. The molecule has 9 heteroatoms. The molecule has 0 aliphatic heterocycles. The van der Waals surface area contributed by atoms with Crippen LogP contribution < -0.4 is 10.1 Å². The van der Waals surface area contributed by atoms with E-state index in [9.17, 15) is 8.42 Å². The zero-order chi connectivity index (χ0) is 21.8. The maximum atomic E-state index is 11.9. The Hall–Kier alpha value is -2.65. The highest BCUT2D eigenvalue weighted by Gasteiger charge is 2.21. The van der Waals surface area contributed by atoms with Gasteiger partial charge in [0.15, 0.2) is 26.4 Å². The average Bonchev–Trinajstić information content (AvgIpc) is 3.28. The van der Waals surface area contributed by atoms with Crippen LogP contribution in [0.4, 0.5) is 5.82 Å². The van der Waals surface area contributed by atoms with Gasteiger partial charge in [-0.1, -0.05) is 54.9 Å². The molecule has 0 radical (unpaired) electrons. The first-order valence-electron chi connectivity index (χ1n) is 10.0. The van der Waals surface area contributed by atoms with Crippen LogP contribution in [0.25, 0.3) is 11.3 Å². The summed E-state index contributed by atoms with van der Waals surface area (Å²) < 4.78 is 29.4. The SMILES string of the molecule is COc1cc(Sc2cncc(S(C)(=O)=O)n2)c(-c2ccccc2)nc1NC1CCCC1. The molecule has 1 aliphatic carbocycles. The van der Waals surface area contributed by atoms with Crippen LogP contribution in [0.2, 0.25) is 0 Å². The van der Waals surface area contributed by atoms with Crippen molar-refractivity contribution in [3.05, 3.63) is 48.8 Å².